The van der Waals surface area contributed by atoms with Gasteiger partial charge in [0.1, 0.15) is 0 Å². The highest BCUT2D eigenvalue weighted by atomic mass is 32.2. The van der Waals surface area contributed by atoms with Crippen LogP contribution in [0.4, 0.5) is 0 Å². The maximum Gasteiger partial charge on any atom is 0.0775 e. The Morgan fingerprint density at radius 2 is 1.92 bits per heavy atom. The predicted molar refractivity (Wildman–Crippen MR) is 56.9 cm³/mol. The quantitative estimate of drug-likeness (QED) is 0.673. The van der Waals surface area contributed by atoms with Crippen LogP contribution in [0.1, 0.15) is 5.56 Å². The highest BCUT2D eigenvalue weighted by Crippen LogP contribution is 2.08. The van der Waals surface area contributed by atoms with Gasteiger partial charge in [-0.25, -0.2) is 4.21 Å². The molecule has 0 N–H and O–H groups in total. The number of hydrogen-bond acceptors (Lipinski definition) is 1. The standard InChI is InChI=1S/C11H12OS/c1-3-4-9-13(12)11-7-5-10(2)6-8-11/h3-9H,1H2,2H3/b9-4-. The molecule has 1 aromatic rings. The number of rotatable bonds is 3. The van der Waals surface area contributed by atoms with Crippen molar-refractivity contribution in [1.82, 2.24) is 0 Å². The third kappa shape index (κ3) is 2.99. The highest BCUT2D eigenvalue weighted by Gasteiger charge is 1.96. The van der Waals surface area contributed by atoms with Crippen molar-refractivity contribution in [3.05, 3.63) is 54.0 Å². The number of allylic oxidation sites excluding steroid dienone is 2. The van der Waals surface area contributed by atoms with Crippen LogP contribution in [0.15, 0.2) is 53.3 Å². The van der Waals surface area contributed by atoms with Gasteiger partial charge in [-0.1, -0.05) is 36.4 Å². The smallest absolute Gasteiger partial charge is 0.0775 e. The molecule has 1 rings (SSSR count). The van der Waals surface area contributed by atoms with E-state index < -0.39 is 10.8 Å². The lowest BCUT2D eigenvalue weighted by Crippen LogP contribution is -1.85. The first-order valence-electron chi connectivity index (χ1n) is 4.00. The van der Waals surface area contributed by atoms with Crippen LogP contribution in [0.3, 0.4) is 0 Å². The van der Waals surface area contributed by atoms with Crippen LogP contribution >= 0.6 is 0 Å². The molecule has 0 spiro atoms. The van der Waals surface area contributed by atoms with Crippen LogP contribution < -0.4 is 0 Å². The zero-order valence-corrected chi connectivity index (χ0v) is 8.38. The molecular formula is C11H12OS. The number of benzene rings is 1. The molecule has 1 unspecified atom stereocenters. The average molecular weight is 192 g/mol. The summed E-state index contributed by atoms with van der Waals surface area (Å²) in [6.45, 7) is 5.53. The Balaban J connectivity index is 2.83. The zero-order chi connectivity index (χ0) is 9.68. The van der Waals surface area contributed by atoms with Crippen LogP contribution in [0, 0.1) is 6.92 Å². The summed E-state index contributed by atoms with van der Waals surface area (Å²) < 4.78 is 11.5. The topological polar surface area (TPSA) is 17.1 Å². The summed E-state index contributed by atoms with van der Waals surface area (Å²) in [5.74, 6) is 0. The Morgan fingerprint density at radius 1 is 1.31 bits per heavy atom. The molecule has 1 aromatic carbocycles. The highest BCUT2D eigenvalue weighted by molar-refractivity contribution is 7.88. The van der Waals surface area contributed by atoms with E-state index in [0.29, 0.717) is 0 Å². The lowest BCUT2D eigenvalue weighted by atomic mass is 10.2. The summed E-state index contributed by atoms with van der Waals surface area (Å²) in [5.41, 5.74) is 1.17. The molecule has 0 saturated heterocycles. The molecule has 2 heteroatoms. The van der Waals surface area contributed by atoms with Gasteiger partial charge >= 0.3 is 0 Å². The molecule has 0 bridgehead atoms. The third-order valence-corrected chi connectivity index (χ3v) is 2.73. The van der Waals surface area contributed by atoms with Crippen LogP contribution in [-0.2, 0) is 10.8 Å². The van der Waals surface area contributed by atoms with Crippen molar-refractivity contribution in [3.63, 3.8) is 0 Å². The Labute approximate surface area is 81.3 Å². The van der Waals surface area contributed by atoms with Crippen molar-refractivity contribution in [1.29, 1.82) is 0 Å². The van der Waals surface area contributed by atoms with E-state index in [1.54, 1.807) is 17.6 Å². The maximum absolute atomic E-state index is 11.5. The van der Waals surface area contributed by atoms with E-state index in [-0.39, 0.29) is 0 Å². The van der Waals surface area contributed by atoms with Crippen LogP contribution in [0.2, 0.25) is 0 Å². The normalized spacial score (nSPS) is 13.0. The molecule has 13 heavy (non-hydrogen) atoms. The van der Waals surface area contributed by atoms with E-state index in [1.165, 1.54) is 5.56 Å². The minimum absolute atomic E-state index is 0.823. The minimum atomic E-state index is -1.04. The van der Waals surface area contributed by atoms with Crippen LogP contribution in [-0.4, -0.2) is 4.21 Å². The first-order chi connectivity index (χ1) is 6.24. The summed E-state index contributed by atoms with van der Waals surface area (Å²) in [5, 5.41) is 1.62. The second-order valence-electron chi connectivity index (χ2n) is 2.67. The van der Waals surface area contributed by atoms with Gasteiger partial charge in [0, 0.05) is 10.3 Å². The van der Waals surface area contributed by atoms with Crippen LogP contribution in [0.5, 0.6) is 0 Å². The monoisotopic (exact) mass is 192 g/mol. The van der Waals surface area contributed by atoms with E-state index >= 15 is 0 Å². The second kappa shape index (κ2) is 4.77. The van der Waals surface area contributed by atoms with Gasteiger partial charge in [-0.15, -0.1) is 0 Å². The fraction of sp³-hybridized carbons (Fsp3) is 0.0909. The Bertz CT molecular complexity index is 336. The predicted octanol–water partition coefficient (Wildman–Crippen LogP) is 2.80. The number of hydrogen-bond donors (Lipinski definition) is 0. The van der Waals surface area contributed by atoms with Gasteiger partial charge in [0.05, 0.1) is 10.8 Å². The molecule has 0 radical (unpaired) electrons. The van der Waals surface area contributed by atoms with Crippen molar-refractivity contribution in [2.24, 2.45) is 0 Å². The molecule has 0 saturated carbocycles. The first-order valence-corrected chi connectivity index (χ1v) is 5.22. The second-order valence-corrected chi connectivity index (χ2v) is 4.01. The molecule has 0 aromatic heterocycles. The summed E-state index contributed by atoms with van der Waals surface area (Å²) in [6.07, 6.45) is 3.31. The van der Waals surface area contributed by atoms with Crippen molar-refractivity contribution >= 4 is 10.8 Å². The van der Waals surface area contributed by atoms with E-state index in [0.717, 1.165) is 4.90 Å². The average Bonchev–Trinajstić information content (AvgIpc) is 2.15. The van der Waals surface area contributed by atoms with Gasteiger partial charge in [0.2, 0.25) is 0 Å². The zero-order valence-electron chi connectivity index (χ0n) is 7.57. The lowest BCUT2D eigenvalue weighted by Gasteiger charge is -1.96. The van der Waals surface area contributed by atoms with Gasteiger partial charge in [-0.05, 0) is 19.1 Å². The molecule has 0 aliphatic rings. The SMILES string of the molecule is C=C/C=C\S(=O)c1ccc(C)cc1. The molecule has 0 amide bonds. The van der Waals surface area contributed by atoms with E-state index in [1.807, 2.05) is 31.2 Å². The van der Waals surface area contributed by atoms with Gasteiger partial charge in [0.15, 0.2) is 0 Å². The maximum atomic E-state index is 11.5. The first kappa shape index (κ1) is 9.93. The minimum Gasteiger partial charge on any atom is -0.250 e. The Hall–Kier alpha value is -1.15. The molecular weight excluding hydrogens is 180 g/mol. The van der Waals surface area contributed by atoms with Gasteiger partial charge < -0.3 is 0 Å². The summed E-state index contributed by atoms with van der Waals surface area (Å²) in [6, 6.07) is 7.65. The van der Waals surface area contributed by atoms with Crippen molar-refractivity contribution in [3.8, 4) is 0 Å². The van der Waals surface area contributed by atoms with E-state index in [2.05, 4.69) is 6.58 Å². The third-order valence-electron chi connectivity index (χ3n) is 1.59. The Morgan fingerprint density at radius 3 is 2.46 bits per heavy atom. The fourth-order valence-corrected chi connectivity index (χ4v) is 1.69. The molecule has 0 heterocycles. The van der Waals surface area contributed by atoms with E-state index in [4.69, 9.17) is 0 Å². The summed E-state index contributed by atoms with van der Waals surface area (Å²) in [4.78, 5) is 0.823. The van der Waals surface area contributed by atoms with Crippen molar-refractivity contribution < 1.29 is 4.21 Å². The van der Waals surface area contributed by atoms with E-state index in [9.17, 15) is 4.21 Å². The van der Waals surface area contributed by atoms with Gasteiger partial charge in [-0.2, -0.15) is 0 Å². The fourth-order valence-electron chi connectivity index (χ4n) is 0.878. The van der Waals surface area contributed by atoms with Crippen molar-refractivity contribution in [2.75, 3.05) is 0 Å². The van der Waals surface area contributed by atoms with Gasteiger partial charge in [-0.3, -0.25) is 0 Å². The molecule has 0 aliphatic carbocycles. The van der Waals surface area contributed by atoms with Crippen LogP contribution in [0.25, 0.3) is 0 Å². The summed E-state index contributed by atoms with van der Waals surface area (Å²) in [7, 11) is -1.04. The molecule has 1 nitrogen and oxygen atoms in total. The largest absolute Gasteiger partial charge is 0.250 e. The van der Waals surface area contributed by atoms with Gasteiger partial charge in [0.25, 0.3) is 0 Å². The molecule has 0 aliphatic heterocycles. The molecule has 1 atom stereocenters. The lowest BCUT2D eigenvalue weighted by molar-refractivity contribution is 0.688. The summed E-state index contributed by atoms with van der Waals surface area (Å²) >= 11 is 0. The molecule has 68 valence electrons. The number of aryl methyl sites for hydroxylation is 1. The van der Waals surface area contributed by atoms with Crippen molar-refractivity contribution in [2.45, 2.75) is 11.8 Å². The Kier molecular flexibility index (Phi) is 3.65. The molecule has 0 fully saturated rings.